The van der Waals surface area contributed by atoms with Gasteiger partial charge in [-0.2, -0.15) is 8.42 Å². The molecule has 3 atom stereocenters. The molecule has 0 saturated heterocycles. The highest BCUT2D eigenvalue weighted by Crippen LogP contribution is 2.12. The summed E-state index contributed by atoms with van der Waals surface area (Å²) in [5.74, 6) is -1.65. The predicted octanol–water partition coefficient (Wildman–Crippen LogP) is 8.93. The Morgan fingerprint density at radius 1 is 0.622 bits per heavy atom. The second-order valence-corrected chi connectivity index (χ2v) is 13.8. The maximum atomic E-state index is 12.5. The Morgan fingerprint density at radius 2 is 1.07 bits per heavy atom. The molecule has 0 aliphatic rings. The Hall–Kier alpha value is -1.74. The molecular formula is C37H67NO6S. The molecule has 45 heavy (non-hydrogen) atoms. The molecule has 1 amide bonds. The van der Waals surface area contributed by atoms with Crippen LogP contribution in [0.1, 0.15) is 155 Å². The minimum atomic E-state index is -4.46. The van der Waals surface area contributed by atoms with Crippen molar-refractivity contribution in [2.75, 3.05) is 5.75 Å². The van der Waals surface area contributed by atoms with Crippen molar-refractivity contribution in [3.63, 3.8) is 0 Å². The summed E-state index contributed by atoms with van der Waals surface area (Å²) >= 11 is 0. The molecule has 0 heterocycles. The fraction of sp³-hybridized carbons (Fsp3) is 0.757. The van der Waals surface area contributed by atoms with Crippen LogP contribution in [0, 0.1) is 0 Å². The van der Waals surface area contributed by atoms with Crippen LogP contribution in [0.2, 0.25) is 0 Å². The van der Waals surface area contributed by atoms with Crippen molar-refractivity contribution in [2.45, 2.75) is 173 Å². The first kappa shape index (κ1) is 43.3. The number of carbonyl (C=O) groups is 1. The van der Waals surface area contributed by atoms with Crippen molar-refractivity contribution in [3.8, 4) is 0 Å². The Kier molecular flexibility index (Phi) is 29.7. The van der Waals surface area contributed by atoms with Gasteiger partial charge in [0.05, 0.1) is 17.9 Å². The molecule has 0 aromatic rings. The zero-order chi connectivity index (χ0) is 33.4. The number of allylic oxidation sites excluding steroid dienone is 6. The molecule has 3 unspecified atom stereocenters. The lowest BCUT2D eigenvalue weighted by molar-refractivity contribution is -0.130. The van der Waals surface area contributed by atoms with E-state index in [-0.39, 0.29) is 6.42 Å². The highest BCUT2D eigenvalue weighted by atomic mass is 32.2. The third-order valence-electron chi connectivity index (χ3n) is 7.85. The normalized spacial score (nSPS) is 14.7. The second kappa shape index (κ2) is 30.9. The molecule has 0 aromatic carbocycles. The quantitative estimate of drug-likeness (QED) is 0.0336. The number of unbranched alkanes of at least 4 members (excludes halogenated alkanes) is 17. The number of aliphatic hydroxyl groups excluding tert-OH is 2. The van der Waals surface area contributed by atoms with Crippen LogP contribution < -0.4 is 5.32 Å². The second-order valence-electron chi connectivity index (χ2n) is 12.3. The van der Waals surface area contributed by atoms with Crippen LogP contribution in [0.5, 0.6) is 0 Å². The summed E-state index contributed by atoms with van der Waals surface area (Å²) in [7, 11) is -4.46. The SMILES string of the molecule is CCCCCCCC/C=C\C/C=C\CC(O)C(=O)NC(CS(=O)(=O)O)C(O)/C=C/CC/C=C/CCCCCCCCCCCC. The third-order valence-corrected chi connectivity index (χ3v) is 8.63. The van der Waals surface area contributed by atoms with E-state index in [1.807, 2.05) is 6.08 Å². The highest BCUT2D eigenvalue weighted by Gasteiger charge is 2.27. The molecule has 0 aliphatic heterocycles. The van der Waals surface area contributed by atoms with Crippen molar-refractivity contribution in [3.05, 3.63) is 48.6 Å². The zero-order valence-electron chi connectivity index (χ0n) is 28.6. The van der Waals surface area contributed by atoms with Gasteiger partial charge in [-0.3, -0.25) is 9.35 Å². The van der Waals surface area contributed by atoms with Crippen LogP contribution in [0.3, 0.4) is 0 Å². The Morgan fingerprint density at radius 3 is 1.60 bits per heavy atom. The zero-order valence-corrected chi connectivity index (χ0v) is 29.4. The minimum absolute atomic E-state index is 0.0626. The molecule has 0 bridgehead atoms. The molecule has 262 valence electrons. The van der Waals surface area contributed by atoms with Gasteiger partial charge in [-0.05, 0) is 44.9 Å². The number of nitrogens with one attached hydrogen (secondary N) is 1. The molecule has 0 aromatic heterocycles. The lowest BCUT2D eigenvalue weighted by Gasteiger charge is -2.22. The molecule has 0 rings (SSSR count). The van der Waals surface area contributed by atoms with E-state index in [9.17, 15) is 28.0 Å². The van der Waals surface area contributed by atoms with Crippen molar-refractivity contribution >= 4 is 16.0 Å². The van der Waals surface area contributed by atoms with E-state index in [2.05, 4.69) is 43.5 Å². The van der Waals surface area contributed by atoms with Crippen LogP contribution in [-0.2, 0) is 14.9 Å². The lowest BCUT2D eigenvalue weighted by atomic mass is 10.1. The number of aliphatic hydroxyl groups is 2. The summed E-state index contributed by atoms with van der Waals surface area (Å²) in [5, 5.41) is 23.1. The van der Waals surface area contributed by atoms with Crippen molar-refractivity contribution < 1.29 is 28.0 Å². The molecule has 4 N–H and O–H groups in total. The topological polar surface area (TPSA) is 124 Å². The van der Waals surface area contributed by atoms with Crippen LogP contribution in [0.4, 0.5) is 0 Å². The Balaban J connectivity index is 4.29. The van der Waals surface area contributed by atoms with Gasteiger partial charge in [-0.15, -0.1) is 0 Å². The van der Waals surface area contributed by atoms with Crippen molar-refractivity contribution in [1.29, 1.82) is 0 Å². The van der Waals surface area contributed by atoms with E-state index >= 15 is 0 Å². The maximum absolute atomic E-state index is 12.5. The highest BCUT2D eigenvalue weighted by molar-refractivity contribution is 7.85. The third kappa shape index (κ3) is 30.7. The number of carbonyl (C=O) groups excluding carboxylic acids is 1. The van der Waals surface area contributed by atoms with Gasteiger partial charge < -0.3 is 15.5 Å². The van der Waals surface area contributed by atoms with E-state index in [1.165, 1.54) is 109 Å². The molecule has 8 heteroatoms. The van der Waals surface area contributed by atoms with Crippen molar-refractivity contribution in [2.24, 2.45) is 0 Å². The summed E-state index contributed by atoms with van der Waals surface area (Å²) in [4.78, 5) is 12.5. The molecule has 0 radical (unpaired) electrons. The molecule has 0 fully saturated rings. The summed E-state index contributed by atoms with van der Waals surface area (Å²) in [6.07, 6.45) is 37.6. The number of rotatable bonds is 31. The Labute approximate surface area is 276 Å². The summed E-state index contributed by atoms with van der Waals surface area (Å²) in [6, 6.07) is -1.28. The maximum Gasteiger partial charge on any atom is 0.267 e. The summed E-state index contributed by atoms with van der Waals surface area (Å²) in [6.45, 7) is 4.46. The van der Waals surface area contributed by atoms with Gasteiger partial charge in [0, 0.05) is 6.42 Å². The van der Waals surface area contributed by atoms with Crippen LogP contribution >= 0.6 is 0 Å². The molecule has 0 spiro atoms. The number of amides is 1. The molecular weight excluding hydrogens is 586 g/mol. The monoisotopic (exact) mass is 653 g/mol. The molecule has 7 nitrogen and oxygen atoms in total. The van der Waals surface area contributed by atoms with E-state index in [0.29, 0.717) is 12.8 Å². The largest absolute Gasteiger partial charge is 0.387 e. The number of hydrogen-bond donors (Lipinski definition) is 4. The van der Waals surface area contributed by atoms with Gasteiger partial charge in [-0.1, -0.05) is 152 Å². The van der Waals surface area contributed by atoms with Gasteiger partial charge >= 0.3 is 0 Å². The van der Waals surface area contributed by atoms with Crippen LogP contribution in [0.15, 0.2) is 48.6 Å². The van der Waals surface area contributed by atoms with E-state index in [4.69, 9.17) is 0 Å². The fourth-order valence-corrected chi connectivity index (χ4v) is 5.78. The summed E-state index contributed by atoms with van der Waals surface area (Å²) in [5.41, 5.74) is 0. The predicted molar refractivity (Wildman–Crippen MR) is 190 cm³/mol. The first-order valence-corrected chi connectivity index (χ1v) is 19.6. The average molecular weight is 654 g/mol. The van der Waals surface area contributed by atoms with Crippen LogP contribution in [0.25, 0.3) is 0 Å². The molecule has 0 aliphatic carbocycles. The first-order chi connectivity index (χ1) is 21.7. The van der Waals surface area contributed by atoms with E-state index in [0.717, 1.165) is 19.3 Å². The van der Waals surface area contributed by atoms with Gasteiger partial charge in [0.15, 0.2) is 0 Å². The average Bonchev–Trinajstić information content (AvgIpc) is 3.00. The van der Waals surface area contributed by atoms with Gasteiger partial charge in [0.25, 0.3) is 10.1 Å². The smallest absolute Gasteiger partial charge is 0.267 e. The van der Waals surface area contributed by atoms with Crippen molar-refractivity contribution in [1.82, 2.24) is 5.32 Å². The number of hydrogen-bond acceptors (Lipinski definition) is 5. The fourth-order valence-electron chi connectivity index (χ4n) is 5.04. The standard InChI is InChI=1S/C37H67NO6S/c1-3-5-7-9-11-13-15-17-18-19-20-22-23-25-27-29-31-35(39)34(33-45(42,43)44)38-37(41)36(40)32-30-28-26-24-21-16-14-12-10-8-6-4-2/h21-24,28-31,34-36,39-40H,3-20,25-27,32-33H2,1-2H3,(H,38,41)(H,42,43,44)/b23-22+,24-21-,30-28-,31-29+. The van der Waals surface area contributed by atoms with Gasteiger partial charge in [-0.25, -0.2) is 0 Å². The summed E-state index contributed by atoms with van der Waals surface area (Å²) < 4.78 is 32.3. The van der Waals surface area contributed by atoms with Crippen LogP contribution in [-0.4, -0.2) is 53.1 Å². The van der Waals surface area contributed by atoms with Gasteiger partial charge in [0.2, 0.25) is 5.91 Å². The molecule has 0 saturated carbocycles. The lowest BCUT2D eigenvalue weighted by Crippen LogP contribution is -2.50. The minimum Gasteiger partial charge on any atom is -0.387 e. The Bertz CT molecular complexity index is 912. The van der Waals surface area contributed by atoms with E-state index in [1.54, 1.807) is 12.2 Å². The first-order valence-electron chi connectivity index (χ1n) is 17.9. The van der Waals surface area contributed by atoms with E-state index < -0.39 is 40.0 Å². The van der Waals surface area contributed by atoms with Gasteiger partial charge in [0.1, 0.15) is 6.10 Å².